The first-order valence-electron chi connectivity index (χ1n) is 7.22. The van der Waals surface area contributed by atoms with Crippen LogP contribution < -0.4 is 5.32 Å². The molecule has 4 unspecified atom stereocenters. The van der Waals surface area contributed by atoms with Gasteiger partial charge in [0.05, 0.1) is 0 Å². The van der Waals surface area contributed by atoms with E-state index in [-0.39, 0.29) is 22.7 Å². The molecule has 0 amide bonds. The van der Waals surface area contributed by atoms with Crippen molar-refractivity contribution in [3.05, 3.63) is 36.4 Å². The molecule has 1 saturated carbocycles. The summed E-state index contributed by atoms with van der Waals surface area (Å²) in [6, 6.07) is 6.85. The first-order valence-corrected chi connectivity index (χ1v) is 8.03. The van der Waals surface area contributed by atoms with E-state index in [1.54, 1.807) is 18.2 Å². The Hall–Kier alpha value is -1.10. The number of anilines is 1. The van der Waals surface area contributed by atoms with E-state index >= 15 is 0 Å². The van der Waals surface area contributed by atoms with E-state index in [0.29, 0.717) is 23.4 Å². The van der Waals surface area contributed by atoms with E-state index < -0.39 is 5.51 Å². The van der Waals surface area contributed by atoms with Gasteiger partial charge in [-0.15, -0.1) is 0 Å². The van der Waals surface area contributed by atoms with Gasteiger partial charge in [0, 0.05) is 16.6 Å². The Balaban J connectivity index is 1.71. The third kappa shape index (κ3) is 3.39. The van der Waals surface area contributed by atoms with E-state index in [1.807, 2.05) is 0 Å². The average molecular weight is 313 g/mol. The van der Waals surface area contributed by atoms with Crippen LogP contribution in [0.4, 0.5) is 18.9 Å². The lowest BCUT2D eigenvalue weighted by molar-refractivity contribution is -0.0327. The number of alkyl halides is 3. The standard InChI is InChI=1S/C16H18F3NS/c1-10(13-9-11-6-7-12(13)8-11)20-14-4-2-3-5-15(14)21-16(17,18)19/h2-7,10-13,20H,8-9H2,1H3. The van der Waals surface area contributed by atoms with Gasteiger partial charge >= 0.3 is 5.51 Å². The van der Waals surface area contributed by atoms with Gasteiger partial charge in [-0.2, -0.15) is 13.2 Å². The molecule has 0 aromatic heterocycles. The minimum absolute atomic E-state index is 0.0493. The Labute approximate surface area is 127 Å². The summed E-state index contributed by atoms with van der Waals surface area (Å²) >= 11 is -0.0493. The number of hydrogen-bond donors (Lipinski definition) is 1. The molecule has 0 heterocycles. The fourth-order valence-corrected chi connectivity index (χ4v) is 4.18. The monoisotopic (exact) mass is 313 g/mol. The predicted octanol–water partition coefficient (Wildman–Crippen LogP) is 5.31. The second kappa shape index (κ2) is 5.59. The molecule has 1 nitrogen and oxygen atoms in total. The normalized spacial score (nSPS) is 28.9. The van der Waals surface area contributed by atoms with Crippen molar-refractivity contribution in [3.63, 3.8) is 0 Å². The van der Waals surface area contributed by atoms with Crippen LogP contribution >= 0.6 is 11.8 Å². The number of para-hydroxylation sites is 1. The Morgan fingerprint density at radius 3 is 2.57 bits per heavy atom. The number of benzene rings is 1. The highest BCUT2D eigenvalue weighted by atomic mass is 32.2. The number of fused-ring (bicyclic) bond motifs is 2. The summed E-state index contributed by atoms with van der Waals surface area (Å²) in [7, 11) is 0. The third-order valence-corrected chi connectivity index (χ3v) is 5.28. The number of rotatable bonds is 4. The zero-order valence-corrected chi connectivity index (χ0v) is 12.5. The maximum absolute atomic E-state index is 12.6. The molecule has 1 N–H and O–H groups in total. The number of hydrogen-bond acceptors (Lipinski definition) is 2. The molecule has 21 heavy (non-hydrogen) atoms. The average Bonchev–Trinajstić information content (AvgIpc) is 3.01. The van der Waals surface area contributed by atoms with Gasteiger partial charge in [-0.1, -0.05) is 24.3 Å². The highest BCUT2D eigenvalue weighted by Crippen LogP contribution is 2.46. The summed E-state index contributed by atoms with van der Waals surface area (Å²) < 4.78 is 37.8. The molecule has 2 aliphatic rings. The van der Waals surface area contributed by atoms with E-state index in [9.17, 15) is 13.2 Å². The van der Waals surface area contributed by atoms with Crippen molar-refractivity contribution in [2.24, 2.45) is 17.8 Å². The lowest BCUT2D eigenvalue weighted by Gasteiger charge is -2.28. The van der Waals surface area contributed by atoms with Crippen LogP contribution in [-0.2, 0) is 0 Å². The Morgan fingerprint density at radius 1 is 1.19 bits per heavy atom. The van der Waals surface area contributed by atoms with Gasteiger partial charge in [0.2, 0.25) is 0 Å². The van der Waals surface area contributed by atoms with Crippen molar-refractivity contribution in [1.82, 2.24) is 0 Å². The molecule has 2 aliphatic carbocycles. The Morgan fingerprint density at radius 2 is 1.95 bits per heavy atom. The van der Waals surface area contributed by atoms with E-state index in [4.69, 9.17) is 0 Å². The van der Waals surface area contributed by atoms with Crippen LogP contribution in [-0.4, -0.2) is 11.6 Å². The first kappa shape index (κ1) is 14.8. The molecule has 1 aromatic carbocycles. The van der Waals surface area contributed by atoms with Crippen LogP contribution in [0.15, 0.2) is 41.3 Å². The summed E-state index contributed by atoms with van der Waals surface area (Å²) in [6.07, 6.45) is 6.90. The molecule has 0 spiro atoms. The quantitative estimate of drug-likeness (QED) is 0.597. The first-order chi connectivity index (χ1) is 9.92. The summed E-state index contributed by atoms with van der Waals surface area (Å²) in [5.41, 5.74) is -3.67. The largest absolute Gasteiger partial charge is 0.446 e. The van der Waals surface area contributed by atoms with E-state index in [0.717, 1.165) is 6.42 Å². The Bertz CT molecular complexity index is 541. The molecule has 114 valence electrons. The minimum atomic E-state index is -4.25. The van der Waals surface area contributed by atoms with Crippen LogP contribution in [0.1, 0.15) is 19.8 Å². The van der Waals surface area contributed by atoms with Gasteiger partial charge in [0.15, 0.2) is 0 Å². The van der Waals surface area contributed by atoms with Crippen LogP contribution in [0.5, 0.6) is 0 Å². The lowest BCUT2D eigenvalue weighted by atomic mass is 9.87. The van der Waals surface area contributed by atoms with Crippen molar-refractivity contribution < 1.29 is 13.2 Å². The molecule has 0 saturated heterocycles. The molecule has 4 atom stereocenters. The van der Waals surface area contributed by atoms with Gasteiger partial charge in [-0.3, -0.25) is 0 Å². The maximum Gasteiger partial charge on any atom is 0.446 e. The summed E-state index contributed by atoms with van der Waals surface area (Å²) in [5.74, 6) is 1.77. The molecule has 5 heteroatoms. The Kier molecular flexibility index (Phi) is 3.95. The fourth-order valence-electron chi connectivity index (χ4n) is 3.55. The number of allylic oxidation sites excluding steroid dienone is 2. The summed E-state index contributed by atoms with van der Waals surface area (Å²) in [5, 5.41) is 3.31. The molecule has 1 fully saturated rings. The second-order valence-corrected chi connectivity index (χ2v) is 7.03. The molecule has 2 bridgehead atoms. The SMILES string of the molecule is CC(Nc1ccccc1SC(F)(F)F)C1CC2C=CC1C2. The maximum atomic E-state index is 12.6. The van der Waals surface area contributed by atoms with Gasteiger partial charge < -0.3 is 5.32 Å². The van der Waals surface area contributed by atoms with Crippen molar-refractivity contribution in [3.8, 4) is 0 Å². The number of thioether (sulfide) groups is 1. The number of nitrogens with one attached hydrogen (secondary N) is 1. The van der Waals surface area contributed by atoms with Gasteiger partial charge in [0.1, 0.15) is 0 Å². The van der Waals surface area contributed by atoms with Gasteiger partial charge in [0.25, 0.3) is 0 Å². The highest BCUT2D eigenvalue weighted by Gasteiger charge is 2.38. The zero-order chi connectivity index (χ0) is 15.0. The lowest BCUT2D eigenvalue weighted by Crippen LogP contribution is -2.29. The smallest absolute Gasteiger partial charge is 0.381 e. The van der Waals surface area contributed by atoms with Crippen LogP contribution in [0.25, 0.3) is 0 Å². The highest BCUT2D eigenvalue weighted by molar-refractivity contribution is 8.00. The van der Waals surface area contributed by atoms with Crippen molar-refractivity contribution in [2.75, 3.05) is 5.32 Å². The number of halogens is 3. The zero-order valence-electron chi connectivity index (χ0n) is 11.7. The van der Waals surface area contributed by atoms with E-state index in [1.165, 1.54) is 12.5 Å². The predicted molar refractivity (Wildman–Crippen MR) is 80.3 cm³/mol. The molecule has 1 aromatic rings. The van der Waals surface area contributed by atoms with Crippen molar-refractivity contribution >= 4 is 17.4 Å². The minimum Gasteiger partial charge on any atom is -0.381 e. The molecule has 0 aliphatic heterocycles. The summed E-state index contributed by atoms with van der Waals surface area (Å²) in [6.45, 7) is 2.08. The van der Waals surface area contributed by atoms with Crippen molar-refractivity contribution in [2.45, 2.75) is 36.2 Å². The van der Waals surface area contributed by atoms with E-state index in [2.05, 4.69) is 24.4 Å². The molecule has 3 rings (SSSR count). The van der Waals surface area contributed by atoms with Crippen molar-refractivity contribution in [1.29, 1.82) is 0 Å². The second-order valence-electron chi connectivity index (χ2n) is 5.92. The molecular weight excluding hydrogens is 295 g/mol. The van der Waals surface area contributed by atoms with Crippen LogP contribution in [0, 0.1) is 17.8 Å². The topological polar surface area (TPSA) is 12.0 Å². The van der Waals surface area contributed by atoms with Gasteiger partial charge in [-0.05, 0) is 61.4 Å². The van der Waals surface area contributed by atoms with Crippen LogP contribution in [0.2, 0.25) is 0 Å². The molecular formula is C16H18F3NS. The fraction of sp³-hybridized carbons (Fsp3) is 0.500. The molecule has 0 radical (unpaired) electrons. The summed E-state index contributed by atoms with van der Waals surface area (Å²) in [4.78, 5) is 0.246. The third-order valence-electron chi connectivity index (χ3n) is 4.47. The van der Waals surface area contributed by atoms with Crippen LogP contribution in [0.3, 0.4) is 0 Å². The van der Waals surface area contributed by atoms with Gasteiger partial charge in [-0.25, -0.2) is 0 Å².